The number of hydrogen-bond donors (Lipinski definition) is 1. The van der Waals surface area contributed by atoms with Crippen LogP contribution < -0.4 is 10.1 Å². The number of benzene rings is 3. The van der Waals surface area contributed by atoms with Crippen LogP contribution in [0.2, 0.25) is 0 Å². The Morgan fingerprint density at radius 3 is 2.55 bits per heavy atom. The molecule has 2 heterocycles. The van der Waals surface area contributed by atoms with E-state index in [1.54, 1.807) is 26.2 Å². The zero-order valence-corrected chi connectivity index (χ0v) is 18.0. The Morgan fingerprint density at radius 1 is 1.06 bits per heavy atom. The molecule has 1 N–H and O–H groups in total. The van der Waals surface area contributed by atoms with Crippen LogP contribution >= 0.6 is 0 Å². The molecular weight excluding hydrogens is 425 g/mol. The summed E-state index contributed by atoms with van der Waals surface area (Å²) in [6.45, 7) is 1.56. The topological polar surface area (TPSA) is 84.7 Å². The fourth-order valence-corrected chi connectivity index (χ4v) is 3.96. The van der Waals surface area contributed by atoms with Crippen molar-refractivity contribution in [3.63, 3.8) is 0 Å². The first kappa shape index (κ1) is 20.7. The van der Waals surface area contributed by atoms with Gasteiger partial charge in [-0.2, -0.15) is 0 Å². The lowest BCUT2D eigenvalue weighted by Gasteiger charge is -2.22. The second kappa shape index (κ2) is 7.74. The zero-order chi connectivity index (χ0) is 23.2. The van der Waals surface area contributed by atoms with Crippen molar-refractivity contribution in [3.8, 4) is 17.1 Å². The van der Waals surface area contributed by atoms with Crippen LogP contribution in [0, 0.1) is 5.82 Å². The maximum atomic E-state index is 13.3. The van der Waals surface area contributed by atoms with Crippen LogP contribution in [-0.4, -0.2) is 28.9 Å². The highest BCUT2D eigenvalue weighted by Gasteiger charge is 2.49. The van der Waals surface area contributed by atoms with Gasteiger partial charge in [-0.3, -0.25) is 9.69 Å². The number of hydrogen-bond acceptors (Lipinski definition) is 5. The minimum absolute atomic E-state index is 0.119. The van der Waals surface area contributed by atoms with Gasteiger partial charge in [0.1, 0.15) is 23.7 Å². The lowest BCUT2D eigenvalue weighted by Crippen LogP contribution is -2.40. The van der Waals surface area contributed by atoms with E-state index in [1.807, 2.05) is 36.4 Å². The molecule has 1 aliphatic rings. The summed E-state index contributed by atoms with van der Waals surface area (Å²) >= 11 is 0. The van der Waals surface area contributed by atoms with Crippen molar-refractivity contribution in [2.45, 2.75) is 19.0 Å². The Labute approximate surface area is 188 Å². The molecule has 0 aliphatic carbocycles. The van der Waals surface area contributed by atoms with Gasteiger partial charge in [0.05, 0.1) is 13.3 Å². The lowest BCUT2D eigenvalue weighted by molar-refractivity contribution is -0.131. The number of rotatable bonds is 5. The van der Waals surface area contributed by atoms with Crippen LogP contribution in [0.1, 0.15) is 18.4 Å². The van der Waals surface area contributed by atoms with E-state index in [-0.39, 0.29) is 18.3 Å². The van der Waals surface area contributed by atoms with Crippen molar-refractivity contribution in [3.05, 3.63) is 84.1 Å². The van der Waals surface area contributed by atoms with Gasteiger partial charge in [0.25, 0.3) is 5.91 Å². The van der Waals surface area contributed by atoms with Gasteiger partial charge in [0.2, 0.25) is 5.89 Å². The molecule has 1 fully saturated rings. The number of nitrogens with one attached hydrogen (secondary N) is 1. The van der Waals surface area contributed by atoms with Crippen molar-refractivity contribution in [1.29, 1.82) is 0 Å². The number of aromatic nitrogens is 1. The number of imide groups is 1. The molecule has 1 aliphatic heterocycles. The molecule has 0 radical (unpaired) electrons. The molecule has 4 aromatic rings. The number of carbonyl (C=O) groups excluding carboxylic acids is 2. The molecule has 0 bridgehead atoms. The second-order valence-electron chi connectivity index (χ2n) is 8.00. The number of ether oxygens (including phenoxy) is 1. The predicted octanol–water partition coefficient (Wildman–Crippen LogP) is 4.61. The van der Waals surface area contributed by atoms with Gasteiger partial charge in [0.15, 0.2) is 5.76 Å². The molecule has 1 saturated heterocycles. The third kappa shape index (κ3) is 3.59. The highest BCUT2D eigenvalue weighted by Crippen LogP contribution is 2.33. The molecule has 166 valence electrons. The summed E-state index contributed by atoms with van der Waals surface area (Å²) in [6, 6.07) is 16.5. The largest absolute Gasteiger partial charge is 0.497 e. The van der Waals surface area contributed by atoms with Crippen LogP contribution in [0.3, 0.4) is 0 Å². The van der Waals surface area contributed by atoms with Crippen molar-refractivity contribution >= 4 is 22.7 Å². The SMILES string of the molecule is COc1ccc2cc([C@]3(C)NC(=O)N(Cc4ncc(-c5ccc(F)cc5)o4)C3=O)ccc2c1. The van der Waals surface area contributed by atoms with Crippen LogP contribution in [0.15, 0.2) is 71.3 Å². The Morgan fingerprint density at radius 2 is 1.79 bits per heavy atom. The third-order valence-corrected chi connectivity index (χ3v) is 5.88. The first-order valence-corrected chi connectivity index (χ1v) is 10.3. The van der Waals surface area contributed by atoms with Gasteiger partial charge in [-0.05, 0) is 65.7 Å². The van der Waals surface area contributed by atoms with E-state index in [1.165, 1.54) is 18.3 Å². The number of oxazole rings is 1. The summed E-state index contributed by atoms with van der Waals surface area (Å²) in [4.78, 5) is 31.3. The number of halogens is 1. The van der Waals surface area contributed by atoms with E-state index in [4.69, 9.17) is 9.15 Å². The fraction of sp³-hybridized carbons (Fsp3) is 0.160. The Balaban J connectivity index is 1.39. The van der Waals surface area contributed by atoms with Crippen LogP contribution in [-0.2, 0) is 16.9 Å². The lowest BCUT2D eigenvalue weighted by atomic mass is 9.90. The molecule has 0 saturated carbocycles. The van der Waals surface area contributed by atoms with E-state index < -0.39 is 17.5 Å². The van der Waals surface area contributed by atoms with Gasteiger partial charge < -0.3 is 14.5 Å². The standard InChI is InChI=1S/C25H20FN3O4/c1-25(18-7-3-17-12-20(32-2)10-6-16(17)11-18)23(30)29(24(31)28-25)14-22-27-13-21(33-22)15-4-8-19(26)9-5-15/h3-13H,14H2,1-2H3,(H,28,31)/t25-/m0/s1. The number of urea groups is 1. The highest BCUT2D eigenvalue weighted by molar-refractivity contribution is 6.07. The fourth-order valence-electron chi connectivity index (χ4n) is 3.96. The third-order valence-electron chi connectivity index (χ3n) is 5.88. The van der Waals surface area contributed by atoms with Crippen molar-refractivity contribution in [2.24, 2.45) is 0 Å². The molecule has 0 spiro atoms. The smallest absolute Gasteiger partial charge is 0.325 e. The number of amides is 3. The summed E-state index contributed by atoms with van der Waals surface area (Å²) in [5, 5.41) is 4.68. The average Bonchev–Trinajstić information content (AvgIpc) is 3.38. The Kier molecular flexibility index (Phi) is 4.85. The second-order valence-corrected chi connectivity index (χ2v) is 8.00. The first-order valence-electron chi connectivity index (χ1n) is 10.3. The highest BCUT2D eigenvalue weighted by atomic mass is 19.1. The molecule has 5 rings (SSSR count). The van der Waals surface area contributed by atoms with E-state index in [9.17, 15) is 14.0 Å². The van der Waals surface area contributed by atoms with E-state index in [2.05, 4.69) is 10.3 Å². The molecule has 8 heteroatoms. The predicted molar refractivity (Wildman–Crippen MR) is 119 cm³/mol. The molecule has 3 aromatic carbocycles. The van der Waals surface area contributed by atoms with Gasteiger partial charge >= 0.3 is 6.03 Å². The minimum Gasteiger partial charge on any atom is -0.497 e. The molecular formula is C25H20FN3O4. The van der Waals surface area contributed by atoms with Crippen molar-refractivity contribution in [2.75, 3.05) is 7.11 Å². The van der Waals surface area contributed by atoms with Crippen LogP contribution in [0.5, 0.6) is 5.75 Å². The van der Waals surface area contributed by atoms with Gasteiger partial charge in [0, 0.05) is 5.56 Å². The van der Waals surface area contributed by atoms with Crippen molar-refractivity contribution in [1.82, 2.24) is 15.2 Å². The van der Waals surface area contributed by atoms with Crippen LogP contribution in [0.25, 0.3) is 22.1 Å². The van der Waals surface area contributed by atoms with Crippen LogP contribution in [0.4, 0.5) is 9.18 Å². The maximum absolute atomic E-state index is 13.3. The summed E-state index contributed by atoms with van der Waals surface area (Å²) in [5.41, 5.74) is 0.0859. The molecule has 33 heavy (non-hydrogen) atoms. The summed E-state index contributed by atoms with van der Waals surface area (Å²) in [7, 11) is 1.61. The maximum Gasteiger partial charge on any atom is 0.325 e. The van der Waals surface area contributed by atoms with Gasteiger partial charge in [-0.25, -0.2) is 14.2 Å². The van der Waals surface area contributed by atoms with E-state index in [0.29, 0.717) is 16.9 Å². The number of nitrogens with zero attached hydrogens (tertiary/aromatic N) is 2. The summed E-state index contributed by atoms with van der Waals surface area (Å²) in [6.07, 6.45) is 1.48. The number of fused-ring (bicyclic) bond motifs is 1. The minimum atomic E-state index is -1.22. The molecule has 3 amide bonds. The normalized spacial score (nSPS) is 18.1. The average molecular weight is 445 g/mol. The summed E-state index contributed by atoms with van der Waals surface area (Å²) in [5.74, 6) is 0.605. The Bertz CT molecular complexity index is 1380. The monoisotopic (exact) mass is 445 g/mol. The summed E-state index contributed by atoms with van der Waals surface area (Å²) < 4.78 is 24.1. The number of methoxy groups -OCH3 is 1. The quantitative estimate of drug-likeness (QED) is 0.454. The molecule has 1 atom stereocenters. The van der Waals surface area contributed by atoms with E-state index >= 15 is 0 Å². The van der Waals surface area contributed by atoms with Crippen molar-refractivity contribution < 1.29 is 23.1 Å². The molecule has 1 aromatic heterocycles. The van der Waals surface area contributed by atoms with Gasteiger partial charge in [-0.15, -0.1) is 0 Å². The van der Waals surface area contributed by atoms with Gasteiger partial charge in [-0.1, -0.05) is 18.2 Å². The number of carbonyl (C=O) groups is 2. The first-order chi connectivity index (χ1) is 15.9. The zero-order valence-electron chi connectivity index (χ0n) is 18.0. The Hall–Kier alpha value is -4.20. The molecule has 7 nitrogen and oxygen atoms in total. The molecule has 0 unspecified atom stereocenters. The van der Waals surface area contributed by atoms with E-state index in [0.717, 1.165) is 21.4 Å².